The number of thiazole rings is 1. The Hall–Kier alpha value is -0.610. The van der Waals surface area contributed by atoms with Gasteiger partial charge in [-0.1, -0.05) is 13.8 Å². The van der Waals surface area contributed by atoms with Crippen LogP contribution in [0.15, 0.2) is 16.6 Å². The number of piperidine rings is 1. The van der Waals surface area contributed by atoms with E-state index in [0.29, 0.717) is 5.96 Å². The zero-order chi connectivity index (χ0) is 18.4. The maximum atomic E-state index is 6.21. The Balaban J connectivity index is 0.00000261. The number of guanidine groups is 1. The molecule has 2 fully saturated rings. The van der Waals surface area contributed by atoms with Gasteiger partial charge in [0.1, 0.15) is 0 Å². The van der Waals surface area contributed by atoms with Gasteiger partial charge in [0, 0.05) is 57.4 Å². The van der Waals surface area contributed by atoms with Crippen molar-refractivity contribution in [1.29, 1.82) is 0 Å². The van der Waals surface area contributed by atoms with Crippen molar-refractivity contribution in [1.82, 2.24) is 14.8 Å². The Bertz CT molecular complexity index is 549. The van der Waals surface area contributed by atoms with Gasteiger partial charge in [0.2, 0.25) is 0 Å². The van der Waals surface area contributed by atoms with Crippen molar-refractivity contribution in [2.45, 2.75) is 33.1 Å². The quantitative estimate of drug-likeness (QED) is 0.278. The highest BCUT2D eigenvalue weighted by Crippen LogP contribution is 2.21. The summed E-state index contributed by atoms with van der Waals surface area (Å²) in [5.74, 6) is 2.40. The molecule has 3 heterocycles. The van der Waals surface area contributed by atoms with Gasteiger partial charge in [-0.05, 0) is 37.6 Å². The van der Waals surface area contributed by atoms with Crippen molar-refractivity contribution in [3.8, 4) is 0 Å². The highest BCUT2D eigenvalue weighted by molar-refractivity contribution is 14.0. The first-order valence-electron chi connectivity index (χ1n) is 10.0. The summed E-state index contributed by atoms with van der Waals surface area (Å²) in [5, 5.41) is 3.14. The van der Waals surface area contributed by atoms with Crippen molar-refractivity contribution in [3.05, 3.63) is 11.6 Å². The Kier molecular flexibility index (Phi) is 9.58. The molecule has 27 heavy (non-hydrogen) atoms. The highest BCUT2D eigenvalue weighted by atomic mass is 127. The minimum Gasteiger partial charge on any atom is -0.370 e. The van der Waals surface area contributed by atoms with Gasteiger partial charge in [0.15, 0.2) is 11.1 Å². The molecule has 2 saturated heterocycles. The predicted molar refractivity (Wildman–Crippen MR) is 126 cm³/mol. The van der Waals surface area contributed by atoms with Gasteiger partial charge in [-0.3, -0.25) is 4.99 Å². The molecule has 8 heteroatoms. The van der Waals surface area contributed by atoms with E-state index in [-0.39, 0.29) is 24.0 Å². The number of rotatable bonds is 6. The van der Waals surface area contributed by atoms with Crippen LogP contribution in [0, 0.1) is 11.8 Å². The van der Waals surface area contributed by atoms with Gasteiger partial charge in [0.25, 0.3) is 0 Å². The number of unbranched alkanes of at least 4 members (excludes halogenated alkanes) is 1. The Morgan fingerprint density at radius 1 is 1.19 bits per heavy atom. The number of aliphatic imine (C=N–C) groups is 1. The lowest BCUT2D eigenvalue weighted by Crippen LogP contribution is -2.51. The van der Waals surface area contributed by atoms with Crippen LogP contribution in [0.3, 0.4) is 0 Å². The summed E-state index contributed by atoms with van der Waals surface area (Å²) in [5.41, 5.74) is 6.21. The number of hydrogen-bond acceptors (Lipinski definition) is 5. The average molecular weight is 507 g/mol. The third kappa shape index (κ3) is 7.05. The lowest BCUT2D eigenvalue weighted by molar-refractivity contribution is 0.139. The van der Waals surface area contributed by atoms with E-state index in [1.165, 1.54) is 32.5 Å². The molecule has 0 aliphatic carbocycles. The van der Waals surface area contributed by atoms with Gasteiger partial charge in [-0.2, -0.15) is 0 Å². The number of nitrogens with two attached hydrogens (primary N) is 1. The summed E-state index contributed by atoms with van der Waals surface area (Å²) >= 11 is 1.70. The molecule has 154 valence electrons. The molecule has 2 atom stereocenters. The van der Waals surface area contributed by atoms with E-state index in [9.17, 15) is 0 Å². The van der Waals surface area contributed by atoms with Crippen LogP contribution in [0.25, 0.3) is 0 Å². The molecule has 3 rings (SSSR count). The molecule has 0 radical (unpaired) electrons. The van der Waals surface area contributed by atoms with Gasteiger partial charge in [0.05, 0.1) is 0 Å². The van der Waals surface area contributed by atoms with Crippen LogP contribution in [0.2, 0.25) is 0 Å². The van der Waals surface area contributed by atoms with E-state index in [4.69, 9.17) is 5.73 Å². The molecular weight excluding hydrogens is 471 g/mol. The van der Waals surface area contributed by atoms with Gasteiger partial charge < -0.3 is 20.4 Å². The molecule has 0 amide bonds. The standard InChI is InChI=1S/C19H34N6S.HI/c1-16-13-17(2)15-23(14-16)7-4-3-5-21-18(20)24-8-10-25(11-9-24)19-22-6-12-26-19;/h6,12,16-17H,3-5,7-11,13-15H2,1-2H3,(H2,20,21);1H. The predicted octanol–water partition coefficient (Wildman–Crippen LogP) is 2.96. The van der Waals surface area contributed by atoms with E-state index >= 15 is 0 Å². The van der Waals surface area contributed by atoms with Crippen LogP contribution in [-0.2, 0) is 0 Å². The number of likely N-dealkylation sites (tertiary alicyclic amines) is 1. The number of halogens is 1. The highest BCUT2D eigenvalue weighted by Gasteiger charge is 2.21. The molecule has 0 saturated carbocycles. The maximum absolute atomic E-state index is 6.21. The first kappa shape index (κ1) is 22.7. The van der Waals surface area contributed by atoms with E-state index in [2.05, 4.69) is 38.5 Å². The first-order valence-corrected chi connectivity index (χ1v) is 10.9. The summed E-state index contributed by atoms with van der Waals surface area (Å²) in [6.07, 6.45) is 5.59. The fourth-order valence-electron chi connectivity index (χ4n) is 4.21. The molecule has 2 aliphatic heterocycles. The topological polar surface area (TPSA) is 61.0 Å². The van der Waals surface area contributed by atoms with Crippen LogP contribution in [-0.4, -0.2) is 73.1 Å². The summed E-state index contributed by atoms with van der Waals surface area (Å²) in [7, 11) is 0. The maximum Gasteiger partial charge on any atom is 0.191 e. The van der Waals surface area contributed by atoms with Crippen LogP contribution < -0.4 is 10.6 Å². The Labute approximate surface area is 185 Å². The monoisotopic (exact) mass is 506 g/mol. The molecule has 2 N–H and O–H groups in total. The smallest absolute Gasteiger partial charge is 0.191 e. The zero-order valence-electron chi connectivity index (χ0n) is 16.7. The number of nitrogens with zero attached hydrogens (tertiary/aromatic N) is 5. The fourth-order valence-corrected chi connectivity index (χ4v) is 4.91. The SMILES string of the molecule is CC1CC(C)CN(CCCCN=C(N)N2CCN(c3nccs3)CC2)C1.I. The molecule has 2 aliphatic rings. The lowest BCUT2D eigenvalue weighted by Gasteiger charge is -2.35. The molecular formula is C19H35IN6S. The third-order valence-electron chi connectivity index (χ3n) is 5.39. The minimum atomic E-state index is 0. The lowest BCUT2D eigenvalue weighted by atomic mass is 9.92. The van der Waals surface area contributed by atoms with Crippen molar-refractivity contribution in [2.75, 3.05) is 57.3 Å². The van der Waals surface area contributed by atoms with E-state index in [1.807, 2.05) is 11.6 Å². The third-order valence-corrected chi connectivity index (χ3v) is 6.23. The Morgan fingerprint density at radius 3 is 2.52 bits per heavy atom. The number of piperazine rings is 1. The summed E-state index contributed by atoms with van der Waals surface area (Å²) in [4.78, 5) is 16.2. The number of anilines is 1. The number of hydrogen-bond donors (Lipinski definition) is 1. The Morgan fingerprint density at radius 2 is 1.89 bits per heavy atom. The molecule has 1 aromatic heterocycles. The minimum absolute atomic E-state index is 0. The van der Waals surface area contributed by atoms with Crippen LogP contribution in [0.1, 0.15) is 33.1 Å². The van der Waals surface area contributed by atoms with Crippen molar-refractivity contribution in [3.63, 3.8) is 0 Å². The van der Waals surface area contributed by atoms with Gasteiger partial charge >= 0.3 is 0 Å². The second-order valence-corrected chi connectivity index (χ2v) is 8.81. The second-order valence-electron chi connectivity index (χ2n) is 7.94. The molecule has 0 bridgehead atoms. The van der Waals surface area contributed by atoms with Crippen molar-refractivity contribution < 1.29 is 0 Å². The van der Waals surface area contributed by atoms with Gasteiger partial charge in [-0.25, -0.2) is 4.98 Å². The summed E-state index contributed by atoms with van der Waals surface area (Å²) in [6, 6.07) is 0. The van der Waals surface area contributed by atoms with E-state index in [0.717, 1.165) is 56.1 Å². The normalized spacial score (nSPS) is 24.7. The number of aromatic nitrogens is 1. The van der Waals surface area contributed by atoms with E-state index < -0.39 is 0 Å². The molecule has 2 unspecified atom stereocenters. The van der Waals surface area contributed by atoms with Crippen molar-refractivity contribution in [2.24, 2.45) is 22.6 Å². The largest absolute Gasteiger partial charge is 0.370 e. The van der Waals surface area contributed by atoms with Crippen LogP contribution in [0.4, 0.5) is 5.13 Å². The molecule has 6 nitrogen and oxygen atoms in total. The fraction of sp³-hybridized carbons (Fsp3) is 0.789. The summed E-state index contributed by atoms with van der Waals surface area (Å²) < 4.78 is 0. The zero-order valence-corrected chi connectivity index (χ0v) is 19.9. The second kappa shape index (κ2) is 11.4. The average Bonchev–Trinajstić information content (AvgIpc) is 3.15. The molecule has 0 aromatic carbocycles. The molecule has 1 aromatic rings. The molecule has 0 spiro atoms. The van der Waals surface area contributed by atoms with Crippen LogP contribution in [0.5, 0.6) is 0 Å². The summed E-state index contributed by atoms with van der Waals surface area (Å²) in [6.45, 7) is 13.1. The van der Waals surface area contributed by atoms with Crippen molar-refractivity contribution >= 4 is 46.4 Å². The first-order chi connectivity index (χ1) is 12.6. The van der Waals surface area contributed by atoms with Crippen LogP contribution >= 0.6 is 35.3 Å². The van der Waals surface area contributed by atoms with E-state index in [1.54, 1.807) is 11.3 Å². The van der Waals surface area contributed by atoms with Gasteiger partial charge in [-0.15, -0.1) is 35.3 Å².